The molecule has 2 aromatic carbocycles. The fourth-order valence-electron chi connectivity index (χ4n) is 2.52. The van der Waals surface area contributed by atoms with E-state index in [2.05, 4.69) is 10.5 Å². The van der Waals surface area contributed by atoms with Crippen LogP contribution in [0.1, 0.15) is 36.2 Å². The topological polar surface area (TPSA) is 69.2 Å². The zero-order valence-corrected chi connectivity index (χ0v) is 15.0. The monoisotopic (exact) mass is 354 g/mol. The Balaban J connectivity index is 1.67. The van der Waals surface area contributed by atoms with Gasteiger partial charge in [0.05, 0.1) is 25.5 Å². The molecule has 1 amide bonds. The minimum atomic E-state index is -0.276. The highest BCUT2D eigenvalue weighted by Crippen LogP contribution is 2.30. The molecule has 6 heteroatoms. The van der Waals surface area contributed by atoms with E-state index in [1.807, 2.05) is 32.0 Å². The molecule has 0 bridgehead atoms. The molecular formula is C20H22N2O4. The van der Waals surface area contributed by atoms with Crippen LogP contribution in [0.4, 0.5) is 0 Å². The number of hydrazone groups is 1. The van der Waals surface area contributed by atoms with E-state index in [1.54, 1.807) is 24.3 Å². The molecule has 0 saturated heterocycles. The Morgan fingerprint density at radius 2 is 1.77 bits per heavy atom. The van der Waals surface area contributed by atoms with Crippen molar-refractivity contribution in [2.45, 2.75) is 20.3 Å². The van der Waals surface area contributed by atoms with Gasteiger partial charge in [-0.2, -0.15) is 5.10 Å². The van der Waals surface area contributed by atoms with E-state index in [0.717, 1.165) is 23.5 Å². The maximum atomic E-state index is 12.2. The van der Waals surface area contributed by atoms with Crippen LogP contribution in [0.2, 0.25) is 0 Å². The van der Waals surface area contributed by atoms with E-state index in [0.29, 0.717) is 36.8 Å². The highest BCUT2D eigenvalue weighted by atomic mass is 16.5. The third-order valence-corrected chi connectivity index (χ3v) is 3.92. The fourth-order valence-corrected chi connectivity index (χ4v) is 2.52. The molecule has 0 fully saturated rings. The van der Waals surface area contributed by atoms with Gasteiger partial charge in [0.25, 0.3) is 5.91 Å². The number of hydrogen-bond donors (Lipinski definition) is 1. The molecule has 1 aliphatic rings. The summed E-state index contributed by atoms with van der Waals surface area (Å²) in [5.74, 6) is 1.89. The van der Waals surface area contributed by atoms with Crippen LogP contribution < -0.4 is 19.6 Å². The van der Waals surface area contributed by atoms with Crippen molar-refractivity contribution in [3.63, 3.8) is 0 Å². The van der Waals surface area contributed by atoms with E-state index >= 15 is 0 Å². The third-order valence-electron chi connectivity index (χ3n) is 3.92. The zero-order valence-electron chi connectivity index (χ0n) is 15.0. The summed E-state index contributed by atoms with van der Waals surface area (Å²) in [6.07, 6.45) is 0.856. The van der Waals surface area contributed by atoms with E-state index in [-0.39, 0.29) is 5.91 Å². The summed E-state index contributed by atoms with van der Waals surface area (Å²) in [5, 5.41) is 4.19. The molecule has 26 heavy (non-hydrogen) atoms. The van der Waals surface area contributed by atoms with Crippen molar-refractivity contribution >= 4 is 11.6 Å². The van der Waals surface area contributed by atoms with Crippen LogP contribution in [0.25, 0.3) is 0 Å². The Labute approximate surface area is 152 Å². The smallest absolute Gasteiger partial charge is 0.271 e. The van der Waals surface area contributed by atoms with Crippen molar-refractivity contribution in [3.05, 3.63) is 53.6 Å². The summed E-state index contributed by atoms with van der Waals surface area (Å²) in [6.45, 7) is 5.61. The first kappa shape index (κ1) is 17.8. The second kappa shape index (κ2) is 8.38. The van der Waals surface area contributed by atoms with E-state index in [4.69, 9.17) is 14.2 Å². The Kier molecular flexibility index (Phi) is 5.73. The van der Waals surface area contributed by atoms with Crippen molar-refractivity contribution < 1.29 is 19.0 Å². The van der Waals surface area contributed by atoms with Gasteiger partial charge in [-0.05, 0) is 56.3 Å². The lowest BCUT2D eigenvalue weighted by Crippen LogP contribution is -2.19. The van der Waals surface area contributed by atoms with E-state index in [9.17, 15) is 4.79 Å². The number of benzene rings is 2. The minimum Gasteiger partial charge on any atom is -0.494 e. The molecule has 0 aromatic heterocycles. The molecule has 6 nitrogen and oxygen atoms in total. The zero-order chi connectivity index (χ0) is 18.4. The second-order valence-corrected chi connectivity index (χ2v) is 5.81. The number of rotatable bonds is 5. The molecular weight excluding hydrogens is 332 g/mol. The maximum absolute atomic E-state index is 12.2. The van der Waals surface area contributed by atoms with Gasteiger partial charge in [-0.15, -0.1) is 0 Å². The van der Waals surface area contributed by atoms with Gasteiger partial charge in [-0.3, -0.25) is 4.79 Å². The van der Waals surface area contributed by atoms with E-state index in [1.165, 1.54) is 0 Å². The average Bonchev–Trinajstić information content (AvgIpc) is 2.91. The molecule has 2 aromatic rings. The van der Waals surface area contributed by atoms with Gasteiger partial charge >= 0.3 is 0 Å². The van der Waals surface area contributed by atoms with Crippen molar-refractivity contribution in [2.75, 3.05) is 19.8 Å². The van der Waals surface area contributed by atoms with Gasteiger partial charge in [-0.1, -0.05) is 0 Å². The van der Waals surface area contributed by atoms with Gasteiger partial charge in [0.15, 0.2) is 11.5 Å². The van der Waals surface area contributed by atoms with Gasteiger partial charge in [-0.25, -0.2) is 5.43 Å². The highest BCUT2D eigenvalue weighted by Gasteiger charge is 2.12. The van der Waals surface area contributed by atoms with Crippen LogP contribution >= 0.6 is 0 Å². The summed E-state index contributed by atoms with van der Waals surface area (Å²) in [4.78, 5) is 12.2. The molecule has 0 radical (unpaired) electrons. The normalized spacial score (nSPS) is 13.7. The van der Waals surface area contributed by atoms with Gasteiger partial charge in [0.1, 0.15) is 5.75 Å². The summed E-state index contributed by atoms with van der Waals surface area (Å²) in [7, 11) is 0. The summed E-state index contributed by atoms with van der Waals surface area (Å²) in [6, 6.07) is 12.6. The van der Waals surface area contributed by atoms with E-state index < -0.39 is 0 Å². The number of fused-ring (bicyclic) bond motifs is 1. The fraction of sp³-hybridized carbons (Fsp3) is 0.300. The number of carbonyl (C=O) groups excluding carboxylic acids is 1. The molecule has 1 N–H and O–H groups in total. The standard InChI is InChI=1S/C20H22N2O4/c1-3-24-17-8-5-15(6-9-17)20(23)22-21-14(2)16-7-10-18-19(13-16)26-12-4-11-25-18/h5-10,13H,3-4,11-12H2,1-2H3,(H,22,23)/b21-14-. The van der Waals surface area contributed by atoms with Crippen molar-refractivity contribution in [2.24, 2.45) is 5.10 Å². The highest BCUT2D eigenvalue weighted by molar-refractivity contribution is 6.01. The number of ether oxygens (including phenoxy) is 3. The lowest BCUT2D eigenvalue weighted by Gasteiger charge is -2.09. The lowest BCUT2D eigenvalue weighted by molar-refractivity contribution is 0.0955. The molecule has 1 heterocycles. The number of hydrogen-bond acceptors (Lipinski definition) is 5. The summed E-state index contributed by atoms with van der Waals surface area (Å²) in [5.41, 5.74) is 4.64. The third kappa shape index (κ3) is 4.33. The van der Waals surface area contributed by atoms with Gasteiger partial charge in [0.2, 0.25) is 0 Å². The molecule has 0 atom stereocenters. The predicted octanol–water partition coefficient (Wildman–Crippen LogP) is 3.40. The van der Waals surface area contributed by atoms with Crippen molar-refractivity contribution in [1.82, 2.24) is 5.43 Å². The first-order valence-corrected chi connectivity index (χ1v) is 8.65. The molecule has 1 aliphatic heterocycles. The van der Waals surface area contributed by atoms with Crippen molar-refractivity contribution in [3.8, 4) is 17.2 Å². The Morgan fingerprint density at radius 3 is 2.50 bits per heavy atom. The first-order valence-electron chi connectivity index (χ1n) is 8.65. The summed E-state index contributed by atoms with van der Waals surface area (Å²) >= 11 is 0. The Bertz CT molecular complexity index is 800. The number of nitrogens with zero attached hydrogens (tertiary/aromatic N) is 1. The van der Waals surface area contributed by atoms with Crippen LogP contribution in [0.5, 0.6) is 17.2 Å². The largest absolute Gasteiger partial charge is 0.494 e. The number of amides is 1. The lowest BCUT2D eigenvalue weighted by atomic mass is 10.1. The molecule has 136 valence electrons. The average molecular weight is 354 g/mol. The van der Waals surface area contributed by atoms with Gasteiger partial charge in [0, 0.05) is 17.5 Å². The van der Waals surface area contributed by atoms with Crippen molar-refractivity contribution in [1.29, 1.82) is 0 Å². The van der Waals surface area contributed by atoms with Crippen LogP contribution in [-0.2, 0) is 0 Å². The van der Waals surface area contributed by atoms with Crippen LogP contribution in [0.15, 0.2) is 47.6 Å². The van der Waals surface area contributed by atoms with Crippen LogP contribution in [0.3, 0.4) is 0 Å². The maximum Gasteiger partial charge on any atom is 0.271 e. The second-order valence-electron chi connectivity index (χ2n) is 5.81. The summed E-state index contributed by atoms with van der Waals surface area (Å²) < 4.78 is 16.7. The van der Waals surface area contributed by atoms with Crippen LogP contribution in [-0.4, -0.2) is 31.4 Å². The number of carbonyl (C=O) groups is 1. The molecule has 0 unspecified atom stereocenters. The SMILES string of the molecule is CCOc1ccc(C(=O)N/N=C(/C)c2ccc3c(c2)OCCCO3)cc1. The van der Waals surface area contributed by atoms with Crippen LogP contribution in [0, 0.1) is 0 Å². The first-order chi connectivity index (χ1) is 12.7. The predicted molar refractivity (Wildman–Crippen MR) is 99.3 cm³/mol. The molecule has 0 aliphatic carbocycles. The minimum absolute atomic E-state index is 0.276. The Morgan fingerprint density at radius 1 is 1.08 bits per heavy atom. The Hall–Kier alpha value is -3.02. The molecule has 3 rings (SSSR count). The number of nitrogens with one attached hydrogen (secondary N) is 1. The quantitative estimate of drug-likeness (QED) is 0.660. The molecule has 0 saturated carbocycles. The van der Waals surface area contributed by atoms with Gasteiger partial charge < -0.3 is 14.2 Å². The molecule has 0 spiro atoms.